The molecule has 3 N–H and O–H groups in total. The Bertz CT molecular complexity index is 413. The SMILES string of the molecule is CCCOCCOCC(=O)Nc1ccc(F)c(N)c1. The summed E-state index contributed by atoms with van der Waals surface area (Å²) < 4.78 is 23.2. The maximum atomic E-state index is 12.9. The lowest BCUT2D eigenvalue weighted by atomic mass is 10.2. The van der Waals surface area contributed by atoms with E-state index in [9.17, 15) is 9.18 Å². The number of carbonyl (C=O) groups is 1. The number of carbonyl (C=O) groups excluding carboxylic acids is 1. The third kappa shape index (κ3) is 6.17. The summed E-state index contributed by atoms with van der Waals surface area (Å²) in [5.74, 6) is -0.830. The van der Waals surface area contributed by atoms with Gasteiger partial charge in [0.05, 0.1) is 18.9 Å². The molecule has 0 fully saturated rings. The molecule has 0 bridgehead atoms. The van der Waals surface area contributed by atoms with Gasteiger partial charge in [0.25, 0.3) is 0 Å². The lowest BCUT2D eigenvalue weighted by Gasteiger charge is -2.07. The monoisotopic (exact) mass is 270 g/mol. The second-order valence-electron chi connectivity index (χ2n) is 3.95. The van der Waals surface area contributed by atoms with E-state index in [-0.39, 0.29) is 18.2 Å². The van der Waals surface area contributed by atoms with Crippen LogP contribution in [-0.4, -0.2) is 32.3 Å². The maximum absolute atomic E-state index is 12.9. The maximum Gasteiger partial charge on any atom is 0.250 e. The van der Waals surface area contributed by atoms with Gasteiger partial charge in [-0.15, -0.1) is 0 Å². The molecule has 0 aliphatic carbocycles. The van der Waals surface area contributed by atoms with Crippen LogP contribution in [0.3, 0.4) is 0 Å². The molecule has 6 heteroatoms. The number of hydrogen-bond donors (Lipinski definition) is 2. The van der Waals surface area contributed by atoms with E-state index >= 15 is 0 Å². The van der Waals surface area contributed by atoms with Crippen LogP contribution in [0.25, 0.3) is 0 Å². The van der Waals surface area contributed by atoms with Crippen LogP contribution >= 0.6 is 0 Å². The normalized spacial score (nSPS) is 10.4. The molecule has 1 amide bonds. The molecule has 0 radical (unpaired) electrons. The third-order valence-electron chi connectivity index (χ3n) is 2.23. The molecule has 0 atom stereocenters. The minimum Gasteiger partial charge on any atom is -0.396 e. The summed E-state index contributed by atoms with van der Waals surface area (Å²) in [5.41, 5.74) is 5.82. The minimum atomic E-state index is -0.512. The van der Waals surface area contributed by atoms with Gasteiger partial charge in [-0.25, -0.2) is 4.39 Å². The van der Waals surface area contributed by atoms with E-state index in [4.69, 9.17) is 15.2 Å². The summed E-state index contributed by atoms with van der Waals surface area (Å²) in [6.07, 6.45) is 0.951. The molecule has 1 rings (SSSR count). The molecule has 0 aliphatic heterocycles. The quantitative estimate of drug-likeness (QED) is 0.558. The summed E-state index contributed by atoms with van der Waals surface area (Å²) in [6, 6.07) is 4.00. The highest BCUT2D eigenvalue weighted by atomic mass is 19.1. The van der Waals surface area contributed by atoms with Crippen molar-refractivity contribution in [2.24, 2.45) is 0 Å². The fourth-order valence-electron chi connectivity index (χ4n) is 1.35. The van der Waals surface area contributed by atoms with Crippen molar-refractivity contribution in [3.8, 4) is 0 Å². The van der Waals surface area contributed by atoms with Crippen LogP contribution in [0.4, 0.5) is 15.8 Å². The molecular weight excluding hydrogens is 251 g/mol. The summed E-state index contributed by atoms with van der Waals surface area (Å²) in [5, 5.41) is 2.56. The van der Waals surface area contributed by atoms with Crippen LogP contribution in [0.5, 0.6) is 0 Å². The van der Waals surface area contributed by atoms with Crippen LogP contribution in [0.15, 0.2) is 18.2 Å². The highest BCUT2D eigenvalue weighted by Crippen LogP contribution is 2.15. The second-order valence-corrected chi connectivity index (χ2v) is 3.95. The van der Waals surface area contributed by atoms with Crippen molar-refractivity contribution in [1.82, 2.24) is 0 Å². The second kappa shape index (κ2) is 8.44. The Morgan fingerprint density at radius 2 is 2.05 bits per heavy atom. The average Bonchev–Trinajstić information content (AvgIpc) is 2.38. The van der Waals surface area contributed by atoms with E-state index in [1.807, 2.05) is 6.92 Å². The van der Waals surface area contributed by atoms with Crippen LogP contribution in [0, 0.1) is 5.82 Å². The first-order valence-corrected chi connectivity index (χ1v) is 6.14. The largest absolute Gasteiger partial charge is 0.396 e. The van der Waals surface area contributed by atoms with Crippen molar-refractivity contribution >= 4 is 17.3 Å². The smallest absolute Gasteiger partial charge is 0.250 e. The number of amides is 1. The zero-order chi connectivity index (χ0) is 14.1. The van der Waals surface area contributed by atoms with Crippen molar-refractivity contribution in [3.05, 3.63) is 24.0 Å². The third-order valence-corrected chi connectivity index (χ3v) is 2.23. The van der Waals surface area contributed by atoms with E-state index in [1.54, 1.807) is 0 Å². The highest BCUT2D eigenvalue weighted by molar-refractivity contribution is 5.92. The summed E-state index contributed by atoms with van der Waals surface area (Å²) >= 11 is 0. The van der Waals surface area contributed by atoms with Crippen LogP contribution in [0.1, 0.15) is 13.3 Å². The lowest BCUT2D eigenvalue weighted by Crippen LogP contribution is -2.20. The van der Waals surface area contributed by atoms with Crippen molar-refractivity contribution in [1.29, 1.82) is 0 Å². The van der Waals surface area contributed by atoms with E-state index < -0.39 is 5.82 Å². The first-order chi connectivity index (χ1) is 9.13. The Labute approximate surface area is 111 Å². The van der Waals surface area contributed by atoms with Gasteiger partial charge in [-0.2, -0.15) is 0 Å². The number of halogens is 1. The Kier molecular flexibility index (Phi) is 6.84. The highest BCUT2D eigenvalue weighted by Gasteiger charge is 2.04. The van der Waals surface area contributed by atoms with Gasteiger partial charge in [-0.05, 0) is 24.6 Å². The average molecular weight is 270 g/mol. The molecule has 0 aliphatic rings. The topological polar surface area (TPSA) is 73.6 Å². The molecule has 0 saturated heterocycles. The minimum absolute atomic E-state index is 0.00770. The molecule has 1 aromatic carbocycles. The van der Waals surface area contributed by atoms with Crippen molar-refractivity contribution in [3.63, 3.8) is 0 Å². The molecule has 0 aromatic heterocycles. The number of nitrogen functional groups attached to an aromatic ring is 1. The Morgan fingerprint density at radius 3 is 2.74 bits per heavy atom. The zero-order valence-electron chi connectivity index (χ0n) is 10.9. The predicted molar refractivity (Wildman–Crippen MR) is 71.4 cm³/mol. The fraction of sp³-hybridized carbons (Fsp3) is 0.462. The number of nitrogens with two attached hydrogens (primary N) is 1. The van der Waals surface area contributed by atoms with E-state index in [2.05, 4.69) is 5.32 Å². The van der Waals surface area contributed by atoms with Gasteiger partial charge in [0.1, 0.15) is 12.4 Å². The molecule has 0 heterocycles. The van der Waals surface area contributed by atoms with E-state index in [0.717, 1.165) is 6.42 Å². The standard InChI is InChI=1S/C13H19FN2O3/c1-2-5-18-6-7-19-9-13(17)16-10-3-4-11(14)12(15)8-10/h3-4,8H,2,5-7,9,15H2,1H3,(H,16,17). The summed E-state index contributed by atoms with van der Waals surface area (Å²) in [4.78, 5) is 11.5. The Morgan fingerprint density at radius 1 is 1.32 bits per heavy atom. The van der Waals surface area contributed by atoms with Crippen molar-refractivity contribution < 1.29 is 18.7 Å². The summed E-state index contributed by atoms with van der Waals surface area (Å²) in [6.45, 7) is 3.45. The van der Waals surface area contributed by atoms with Gasteiger partial charge in [-0.3, -0.25) is 4.79 Å². The molecule has 5 nitrogen and oxygen atoms in total. The number of nitrogens with one attached hydrogen (secondary N) is 1. The molecule has 1 aromatic rings. The van der Waals surface area contributed by atoms with Crippen LogP contribution in [-0.2, 0) is 14.3 Å². The first kappa shape index (κ1) is 15.4. The molecule has 106 valence electrons. The zero-order valence-corrected chi connectivity index (χ0v) is 10.9. The Hall–Kier alpha value is -1.66. The van der Waals surface area contributed by atoms with Gasteiger partial charge in [-0.1, -0.05) is 6.92 Å². The van der Waals surface area contributed by atoms with Gasteiger partial charge in [0.15, 0.2) is 0 Å². The van der Waals surface area contributed by atoms with Gasteiger partial charge in [0.2, 0.25) is 5.91 Å². The van der Waals surface area contributed by atoms with Crippen molar-refractivity contribution in [2.45, 2.75) is 13.3 Å². The van der Waals surface area contributed by atoms with Crippen LogP contribution < -0.4 is 11.1 Å². The molecule has 0 spiro atoms. The molecule has 0 saturated carbocycles. The van der Waals surface area contributed by atoms with Crippen molar-refractivity contribution in [2.75, 3.05) is 37.5 Å². The Balaban J connectivity index is 2.21. The number of benzene rings is 1. The van der Waals surface area contributed by atoms with Gasteiger partial charge >= 0.3 is 0 Å². The fourth-order valence-corrected chi connectivity index (χ4v) is 1.35. The predicted octanol–water partition coefficient (Wildman–Crippen LogP) is 1.79. The molecule has 19 heavy (non-hydrogen) atoms. The van der Waals surface area contributed by atoms with Gasteiger partial charge < -0.3 is 20.5 Å². The number of ether oxygens (including phenoxy) is 2. The molecule has 0 unspecified atom stereocenters. The number of hydrogen-bond acceptors (Lipinski definition) is 4. The first-order valence-electron chi connectivity index (χ1n) is 6.14. The lowest BCUT2D eigenvalue weighted by molar-refractivity contribution is -0.121. The number of rotatable bonds is 8. The van der Waals surface area contributed by atoms with Crippen LogP contribution in [0.2, 0.25) is 0 Å². The summed E-state index contributed by atoms with van der Waals surface area (Å²) in [7, 11) is 0. The van der Waals surface area contributed by atoms with E-state index in [1.165, 1.54) is 18.2 Å². The number of anilines is 2. The van der Waals surface area contributed by atoms with Gasteiger partial charge in [0, 0.05) is 12.3 Å². The van der Waals surface area contributed by atoms with E-state index in [0.29, 0.717) is 25.5 Å². The molecular formula is C13H19FN2O3.